The second-order valence-electron chi connectivity index (χ2n) is 8.73. The van der Waals surface area contributed by atoms with Gasteiger partial charge in [0.2, 0.25) is 11.8 Å². The Kier molecular flexibility index (Phi) is 4.68. The number of carbonyl (C=O) groups is 3. The summed E-state index contributed by atoms with van der Waals surface area (Å²) in [6.07, 6.45) is 3.98. The summed E-state index contributed by atoms with van der Waals surface area (Å²) in [7, 11) is 0. The van der Waals surface area contributed by atoms with E-state index in [9.17, 15) is 14.4 Å². The number of fused-ring (bicyclic) bond motifs is 4. The van der Waals surface area contributed by atoms with Crippen molar-refractivity contribution in [2.75, 3.05) is 17.2 Å². The van der Waals surface area contributed by atoms with Crippen LogP contribution in [0.3, 0.4) is 0 Å². The van der Waals surface area contributed by atoms with Crippen molar-refractivity contribution >= 4 is 29.2 Å². The maximum absolute atomic E-state index is 14.0. The molecule has 0 saturated carbocycles. The predicted molar refractivity (Wildman–Crippen MR) is 117 cm³/mol. The monoisotopic (exact) mass is 418 g/mol. The van der Waals surface area contributed by atoms with E-state index >= 15 is 0 Å². The Morgan fingerprint density at radius 3 is 2.65 bits per heavy atom. The van der Waals surface area contributed by atoms with E-state index in [1.165, 1.54) is 4.90 Å². The van der Waals surface area contributed by atoms with Crippen molar-refractivity contribution in [3.05, 3.63) is 59.7 Å². The molecule has 7 nitrogen and oxygen atoms in total. The molecule has 4 amide bonds. The maximum Gasteiger partial charge on any atom is 0.331 e. The Balaban J connectivity index is 1.61. The summed E-state index contributed by atoms with van der Waals surface area (Å²) in [5.41, 5.74) is 8.08. The molecule has 2 fully saturated rings. The van der Waals surface area contributed by atoms with Gasteiger partial charge >= 0.3 is 6.03 Å². The van der Waals surface area contributed by atoms with E-state index in [1.807, 2.05) is 48.5 Å². The smallest absolute Gasteiger partial charge is 0.331 e. The third-order valence-electron chi connectivity index (χ3n) is 6.89. The van der Waals surface area contributed by atoms with Gasteiger partial charge in [0.05, 0.1) is 12.6 Å². The molecule has 0 aliphatic carbocycles. The molecule has 160 valence electrons. The quantitative estimate of drug-likeness (QED) is 0.578. The number of hydrogen-bond donors (Lipinski definition) is 2. The summed E-state index contributed by atoms with van der Waals surface area (Å²) in [5.74, 6) is -0.896. The second kappa shape index (κ2) is 7.41. The highest BCUT2D eigenvalue weighted by Crippen LogP contribution is 2.47. The van der Waals surface area contributed by atoms with E-state index in [1.54, 1.807) is 0 Å². The highest BCUT2D eigenvalue weighted by molar-refractivity contribution is 6.20. The summed E-state index contributed by atoms with van der Waals surface area (Å²) < 4.78 is 0. The van der Waals surface area contributed by atoms with E-state index in [4.69, 9.17) is 5.73 Å². The average Bonchev–Trinajstić information content (AvgIpc) is 3.02. The molecule has 5 rings (SSSR count). The van der Waals surface area contributed by atoms with Gasteiger partial charge in [0.25, 0.3) is 0 Å². The molecule has 0 unspecified atom stereocenters. The Morgan fingerprint density at radius 2 is 1.84 bits per heavy atom. The van der Waals surface area contributed by atoms with E-state index in [2.05, 4.69) is 10.2 Å². The summed E-state index contributed by atoms with van der Waals surface area (Å²) >= 11 is 0. The number of rotatable bonds is 2. The molecule has 3 aliphatic heterocycles. The number of benzene rings is 2. The maximum atomic E-state index is 14.0. The SMILES string of the molecule is Nc1ccc2c(c1)C[C@]1(C(=O)NC(=O)N(Cc3ccccc3)C1=O)[C@H]1CCCCCN21. The van der Waals surface area contributed by atoms with Gasteiger partial charge in [-0.3, -0.25) is 19.8 Å². The van der Waals surface area contributed by atoms with Crippen LogP contribution in [0.25, 0.3) is 0 Å². The highest BCUT2D eigenvalue weighted by atomic mass is 16.2. The lowest BCUT2D eigenvalue weighted by Gasteiger charge is -2.51. The summed E-state index contributed by atoms with van der Waals surface area (Å²) in [6, 6.07) is 14.2. The number of imide groups is 2. The van der Waals surface area contributed by atoms with Crippen LogP contribution in [-0.2, 0) is 22.6 Å². The average molecular weight is 418 g/mol. The number of anilines is 2. The molecule has 7 heteroatoms. The van der Waals surface area contributed by atoms with Gasteiger partial charge in [-0.25, -0.2) is 4.79 Å². The van der Waals surface area contributed by atoms with Crippen LogP contribution in [0.1, 0.15) is 36.8 Å². The van der Waals surface area contributed by atoms with Gasteiger partial charge in [0.1, 0.15) is 0 Å². The number of nitrogens with zero attached hydrogens (tertiary/aromatic N) is 2. The van der Waals surface area contributed by atoms with Crippen LogP contribution in [0.15, 0.2) is 48.5 Å². The molecular weight excluding hydrogens is 392 g/mol. The van der Waals surface area contributed by atoms with Crippen LogP contribution in [0.4, 0.5) is 16.2 Å². The lowest BCUT2D eigenvalue weighted by atomic mass is 9.67. The van der Waals surface area contributed by atoms with Gasteiger partial charge in [-0.15, -0.1) is 0 Å². The fraction of sp³-hybridized carbons (Fsp3) is 0.375. The molecule has 3 N–H and O–H groups in total. The Bertz CT molecular complexity index is 1050. The van der Waals surface area contributed by atoms with Gasteiger partial charge in [0, 0.05) is 17.9 Å². The number of barbiturate groups is 1. The molecular formula is C24H26N4O3. The highest BCUT2D eigenvalue weighted by Gasteiger charge is 2.61. The van der Waals surface area contributed by atoms with Gasteiger partial charge in [0.15, 0.2) is 5.41 Å². The van der Waals surface area contributed by atoms with Crippen LogP contribution < -0.4 is 16.0 Å². The molecule has 1 spiro atoms. The van der Waals surface area contributed by atoms with Gasteiger partial charge in [-0.05, 0) is 48.6 Å². The van der Waals surface area contributed by atoms with Crippen molar-refractivity contribution in [2.45, 2.75) is 44.7 Å². The predicted octanol–water partition coefficient (Wildman–Crippen LogP) is 2.84. The minimum absolute atomic E-state index is 0.136. The van der Waals surface area contributed by atoms with Crippen molar-refractivity contribution in [1.29, 1.82) is 0 Å². The zero-order valence-corrected chi connectivity index (χ0v) is 17.3. The fourth-order valence-electron chi connectivity index (χ4n) is 5.42. The molecule has 2 atom stereocenters. The number of nitrogens with two attached hydrogens (primary N) is 1. The molecule has 2 aromatic carbocycles. The zero-order valence-electron chi connectivity index (χ0n) is 17.3. The van der Waals surface area contributed by atoms with Crippen molar-refractivity contribution in [2.24, 2.45) is 5.41 Å². The van der Waals surface area contributed by atoms with E-state index in [-0.39, 0.29) is 19.0 Å². The lowest BCUT2D eigenvalue weighted by molar-refractivity contribution is -0.154. The summed E-state index contributed by atoms with van der Waals surface area (Å²) in [6.45, 7) is 0.910. The standard InChI is InChI=1S/C24H26N4O3/c25-18-10-11-19-17(13-18)14-24(20-9-5-2-6-12-27(19)20)21(29)26-23(31)28(22(24)30)15-16-7-3-1-4-8-16/h1,3-4,7-8,10-11,13,20H,2,5-6,9,12,14-15,25H2,(H,26,29,31)/t20-,24-/m1/s1. The number of amides is 4. The van der Waals surface area contributed by atoms with E-state index in [0.29, 0.717) is 5.69 Å². The first-order valence-electron chi connectivity index (χ1n) is 10.9. The first-order valence-corrected chi connectivity index (χ1v) is 10.9. The minimum atomic E-state index is -1.34. The van der Waals surface area contributed by atoms with Crippen LogP contribution in [0.2, 0.25) is 0 Å². The van der Waals surface area contributed by atoms with E-state index in [0.717, 1.165) is 49.0 Å². The van der Waals surface area contributed by atoms with Crippen LogP contribution in [0.5, 0.6) is 0 Å². The first kappa shape index (κ1) is 19.6. The van der Waals surface area contributed by atoms with Gasteiger partial charge in [-0.2, -0.15) is 0 Å². The number of nitrogen functional groups attached to an aromatic ring is 1. The minimum Gasteiger partial charge on any atom is -0.399 e. The van der Waals surface area contributed by atoms with Crippen LogP contribution in [-0.4, -0.2) is 35.3 Å². The van der Waals surface area contributed by atoms with Gasteiger partial charge in [-0.1, -0.05) is 43.2 Å². The number of urea groups is 1. The fourth-order valence-corrected chi connectivity index (χ4v) is 5.42. The topological polar surface area (TPSA) is 95.7 Å². The molecule has 0 aromatic heterocycles. The van der Waals surface area contributed by atoms with E-state index < -0.39 is 23.3 Å². The molecule has 2 saturated heterocycles. The normalized spacial score (nSPS) is 25.7. The third-order valence-corrected chi connectivity index (χ3v) is 6.89. The Morgan fingerprint density at radius 1 is 1.03 bits per heavy atom. The van der Waals surface area contributed by atoms with Crippen molar-refractivity contribution < 1.29 is 14.4 Å². The Hall–Kier alpha value is -3.35. The molecule has 3 aliphatic rings. The Labute approximate surface area is 181 Å². The number of carbonyl (C=O) groups excluding carboxylic acids is 3. The lowest BCUT2D eigenvalue weighted by Crippen LogP contribution is -2.71. The third kappa shape index (κ3) is 3.07. The van der Waals surface area contributed by atoms with Crippen molar-refractivity contribution in [1.82, 2.24) is 10.2 Å². The van der Waals surface area contributed by atoms with Crippen molar-refractivity contribution in [3.8, 4) is 0 Å². The molecule has 2 aromatic rings. The molecule has 0 radical (unpaired) electrons. The van der Waals surface area contributed by atoms with Crippen LogP contribution >= 0.6 is 0 Å². The molecule has 0 bridgehead atoms. The zero-order chi connectivity index (χ0) is 21.6. The number of hydrogen-bond acceptors (Lipinski definition) is 5. The summed E-state index contributed by atoms with van der Waals surface area (Å²) in [5, 5.41) is 2.51. The molecule has 31 heavy (non-hydrogen) atoms. The summed E-state index contributed by atoms with van der Waals surface area (Å²) in [4.78, 5) is 43.5. The van der Waals surface area contributed by atoms with Crippen molar-refractivity contribution in [3.63, 3.8) is 0 Å². The first-order chi connectivity index (χ1) is 15.0. The second-order valence-corrected chi connectivity index (χ2v) is 8.73. The van der Waals surface area contributed by atoms with Gasteiger partial charge < -0.3 is 10.6 Å². The number of nitrogens with one attached hydrogen (secondary N) is 1. The molecule has 3 heterocycles. The largest absolute Gasteiger partial charge is 0.399 e. The van der Waals surface area contributed by atoms with Crippen LogP contribution in [0, 0.1) is 5.41 Å².